The van der Waals surface area contributed by atoms with Crippen molar-refractivity contribution in [2.75, 3.05) is 13.2 Å². The molecule has 2 rings (SSSR count). The Kier molecular flexibility index (Phi) is 2.91. The van der Waals surface area contributed by atoms with E-state index < -0.39 is 0 Å². The van der Waals surface area contributed by atoms with Crippen molar-refractivity contribution in [3.05, 3.63) is 21.4 Å². The molecule has 2 heterocycles. The van der Waals surface area contributed by atoms with Gasteiger partial charge in [-0.15, -0.1) is 11.3 Å². The Labute approximate surface area is 89.1 Å². The molecule has 2 N–H and O–H groups in total. The molecule has 2 nitrogen and oxygen atoms in total. The van der Waals surface area contributed by atoms with Crippen molar-refractivity contribution in [1.29, 1.82) is 0 Å². The van der Waals surface area contributed by atoms with Gasteiger partial charge in [0, 0.05) is 28.3 Å². The first kappa shape index (κ1) is 10.1. The number of ether oxygens (including phenoxy) is 1. The molecule has 0 radical (unpaired) electrons. The lowest BCUT2D eigenvalue weighted by molar-refractivity contribution is 0.181. The third-order valence-electron chi connectivity index (χ3n) is 2.91. The van der Waals surface area contributed by atoms with Crippen LogP contribution in [0.1, 0.15) is 27.8 Å². The summed E-state index contributed by atoms with van der Waals surface area (Å²) in [5.41, 5.74) is 7.56. The summed E-state index contributed by atoms with van der Waals surface area (Å²) in [4.78, 5) is 2.72. The van der Waals surface area contributed by atoms with Gasteiger partial charge in [0.1, 0.15) is 0 Å². The van der Waals surface area contributed by atoms with Gasteiger partial charge in [0.25, 0.3) is 0 Å². The van der Waals surface area contributed by atoms with Crippen molar-refractivity contribution in [2.24, 2.45) is 11.7 Å². The van der Waals surface area contributed by atoms with Crippen LogP contribution in [-0.2, 0) is 4.74 Å². The number of hydrogen-bond acceptors (Lipinski definition) is 3. The zero-order chi connectivity index (χ0) is 10.1. The molecule has 1 aliphatic rings. The van der Waals surface area contributed by atoms with Gasteiger partial charge in [-0.1, -0.05) is 0 Å². The Morgan fingerprint density at radius 1 is 1.57 bits per heavy atom. The van der Waals surface area contributed by atoms with Crippen molar-refractivity contribution in [3.8, 4) is 0 Å². The fourth-order valence-corrected chi connectivity index (χ4v) is 3.05. The average Bonchev–Trinajstić information content (AvgIpc) is 2.73. The van der Waals surface area contributed by atoms with Crippen molar-refractivity contribution < 1.29 is 4.74 Å². The Morgan fingerprint density at radius 3 is 2.86 bits per heavy atom. The Balaban J connectivity index is 2.17. The summed E-state index contributed by atoms with van der Waals surface area (Å²) < 4.78 is 5.37. The molecule has 2 atom stereocenters. The van der Waals surface area contributed by atoms with E-state index in [9.17, 15) is 0 Å². The number of aryl methyl sites for hydroxylation is 2. The third-order valence-corrected chi connectivity index (χ3v) is 3.89. The van der Waals surface area contributed by atoms with Gasteiger partial charge in [-0.05, 0) is 31.9 Å². The fourth-order valence-electron chi connectivity index (χ4n) is 2.07. The van der Waals surface area contributed by atoms with E-state index in [1.165, 1.54) is 15.3 Å². The molecule has 1 fully saturated rings. The highest BCUT2D eigenvalue weighted by Gasteiger charge is 2.25. The molecule has 1 aliphatic heterocycles. The van der Waals surface area contributed by atoms with E-state index in [-0.39, 0.29) is 6.04 Å². The quantitative estimate of drug-likeness (QED) is 0.815. The molecule has 0 aliphatic carbocycles. The average molecular weight is 211 g/mol. The number of nitrogens with two attached hydrogens (primary N) is 1. The van der Waals surface area contributed by atoms with Gasteiger partial charge in [-0.3, -0.25) is 0 Å². The number of thiophene rings is 1. The smallest absolute Gasteiger partial charge is 0.0513 e. The second kappa shape index (κ2) is 4.01. The predicted molar refractivity (Wildman–Crippen MR) is 59.6 cm³/mol. The SMILES string of the molecule is Cc1cc(C(N)C2CCOC2)c(C)s1. The standard InChI is InChI=1S/C11H17NOS/c1-7-5-10(8(2)14-7)11(12)9-3-4-13-6-9/h5,9,11H,3-4,6,12H2,1-2H3. The fraction of sp³-hybridized carbons (Fsp3) is 0.636. The van der Waals surface area contributed by atoms with Crippen LogP contribution in [0.3, 0.4) is 0 Å². The van der Waals surface area contributed by atoms with Crippen molar-refractivity contribution in [1.82, 2.24) is 0 Å². The molecule has 14 heavy (non-hydrogen) atoms. The molecule has 0 amide bonds. The van der Waals surface area contributed by atoms with Crippen LogP contribution in [0.25, 0.3) is 0 Å². The second-order valence-electron chi connectivity index (χ2n) is 4.02. The van der Waals surface area contributed by atoms with Gasteiger partial charge in [0.2, 0.25) is 0 Å². The molecule has 1 aromatic rings. The van der Waals surface area contributed by atoms with Crippen molar-refractivity contribution in [2.45, 2.75) is 26.3 Å². The van der Waals surface area contributed by atoms with Gasteiger partial charge in [-0.25, -0.2) is 0 Å². The maximum absolute atomic E-state index is 6.24. The molecule has 3 heteroatoms. The van der Waals surface area contributed by atoms with Crippen LogP contribution >= 0.6 is 11.3 Å². The van der Waals surface area contributed by atoms with E-state index in [2.05, 4.69) is 19.9 Å². The maximum atomic E-state index is 6.24. The van der Waals surface area contributed by atoms with E-state index in [4.69, 9.17) is 10.5 Å². The van der Waals surface area contributed by atoms with Crippen molar-refractivity contribution >= 4 is 11.3 Å². The first-order valence-electron chi connectivity index (χ1n) is 5.08. The zero-order valence-corrected chi connectivity index (χ0v) is 9.56. The van der Waals surface area contributed by atoms with E-state index >= 15 is 0 Å². The van der Waals surface area contributed by atoms with Crippen LogP contribution < -0.4 is 5.73 Å². The lowest BCUT2D eigenvalue weighted by atomic mass is 9.93. The summed E-state index contributed by atoms with van der Waals surface area (Å²) in [5.74, 6) is 0.516. The normalized spacial score (nSPS) is 24.1. The minimum atomic E-state index is 0.169. The monoisotopic (exact) mass is 211 g/mol. The molecule has 0 bridgehead atoms. The third kappa shape index (κ3) is 1.85. The molecular formula is C11H17NOS. The van der Waals surface area contributed by atoms with Crippen LogP contribution in [-0.4, -0.2) is 13.2 Å². The van der Waals surface area contributed by atoms with Gasteiger partial charge in [-0.2, -0.15) is 0 Å². The van der Waals surface area contributed by atoms with Gasteiger partial charge >= 0.3 is 0 Å². The molecule has 2 unspecified atom stereocenters. The number of hydrogen-bond donors (Lipinski definition) is 1. The molecule has 0 saturated carbocycles. The summed E-state index contributed by atoms with van der Waals surface area (Å²) in [6.07, 6.45) is 1.11. The van der Waals surface area contributed by atoms with Crippen LogP contribution in [0, 0.1) is 19.8 Å². The van der Waals surface area contributed by atoms with Crippen LogP contribution in [0.5, 0.6) is 0 Å². The zero-order valence-electron chi connectivity index (χ0n) is 8.75. The van der Waals surface area contributed by atoms with Gasteiger partial charge in [0.05, 0.1) is 6.61 Å². The summed E-state index contributed by atoms with van der Waals surface area (Å²) in [5, 5.41) is 0. The van der Waals surface area contributed by atoms with Crippen LogP contribution in [0.2, 0.25) is 0 Å². The minimum Gasteiger partial charge on any atom is -0.381 e. The Morgan fingerprint density at radius 2 is 2.36 bits per heavy atom. The summed E-state index contributed by atoms with van der Waals surface area (Å²) in [6, 6.07) is 2.39. The maximum Gasteiger partial charge on any atom is 0.0513 e. The largest absolute Gasteiger partial charge is 0.381 e. The predicted octanol–water partition coefficient (Wildman–Crippen LogP) is 2.40. The van der Waals surface area contributed by atoms with E-state index in [1.54, 1.807) is 0 Å². The van der Waals surface area contributed by atoms with Crippen LogP contribution in [0.15, 0.2) is 6.07 Å². The molecule has 1 saturated heterocycles. The van der Waals surface area contributed by atoms with E-state index in [0.29, 0.717) is 5.92 Å². The molecule has 0 aromatic carbocycles. The first-order chi connectivity index (χ1) is 6.68. The van der Waals surface area contributed by atoms with Crippen molar-refractivity contribution in [3.63, 3.8) is 0 Å². The van der Waals surface area contributed by atoms with Gasteiger partial charge in [0.15, 0.2) is 0 Å². The molecule has 78 valence electrons. The highest BCUT2D eigenvalue weighted by molar-refractivity contribution is 7.12. The van der Waals surface area contributed by atoms with Gasteiger partial charge < -0.3 is 10.5 Å². The lowest BCUT2D eigenvalue weighted by Gasteiger charge is -2.17. The molecule has 0 spiro atoms. The Hall–Kier alpha value is -0.380. The first-order valence-corrected chi connectivity index (χ1v) is 5.90. The van der Waals surface area contributed by atoms with E-state index in [1.807, 2.05) is 11.3 Å². The Bertz CT molecular complexity index is 315. The van der Waals surface area contributed by atoms with E-state index in [0.717, 1.165) is 19.6 Å². The lowest BCUT2D eigenvalue weighted by Crippen LogP contribution is -2.21. The highest BCUT2D eigenvalue weighted by atomic mass is 32.1. The highest BCUT2D eigenvalue weighted by Crippen LogP contribution is 2.32. The second-order valence-corrected chi connectivity index (χ2v) is 5.48. The minimum absolute atomic E-state index is 0.169. The van der Waals surface area contributed by atoms with Crippen LogP contribution in [0.4, 0.5) is 0 Å². The number of rotatable bonds is 2. The summed E-state index contributed by atoms with van der Waals surface area (Å²) >= 11 is 1.84. The molecular weight excluding hydrogens is 194 g/mol. The molecule has 1 aromatic heterocycles. The summed E-state index contributed by atoms with van der Waals surface area (Å²) in [6.45, 7) is 6.00. The topological polar surface area (TPSA) is 35.2 Å². The summed E-state index contributed by atoms with van der Waals surface area (Å²) in [7, 11) is 0.